The Morgan fingerprint density at radius 2 is 1.88 bits per heavy atom. The number of rotatable bonds is 7. The molecule has 0 spiro atoms. The number of amides is 1. The number of hydrogen-bond donors (Lipinski definition) is 4. The van der Waals surface area contributed by atoms with Gasteiger partial charge in [0.25, 0.3) is 5.56 Å². The number of amidine groups is 1. The first-order valence-corrected chi connectivity index (χ1v) is 13.6. The highest BCUT2D eigenvalue weighted by molar-refractivity contribution is 5.89. The summed E-state index contributed by atoms with van der Waals surface area (Å²) in [5.41, 5.74) is 9.23. The maximum absolute atomic E-state index is 12.7. The summed E-state index contributed by atoms with van der Waals surface area (Å²) in [6.07, 6.45) is 4.46. The number of likely N-dealkylation sites (tertiary alicyclic amines) is 2. The zero-order valence-corrected chi connectivity index (χ0v) is 22.6. The number of aromatic amines is 1. The number of hydrogen-bond acceptors (Lipinski definition) is 11. The van der Waals surface area contributed by atoms with Crippen LogP contribution in [0, 0.1) is 22.8 Å². The highest BCUT2D eigenvalue weighted by Gasteiger charge is 2.27. The lowest BCUT2D eigenvalue weighted by Crippen LogP contribution is -2.38. The van der Waals surface area contributed by atoms with Crippen molar-refractivity contribution >= 4 is 34.2 Å². The Morgan fingerprint density at radius 3 is 2.54 bits per heavy atom. The van der Waals surface area contributed by atoms with Gasteiger partial charge in [-0.05, 0) is 56.5 Å². The predicted octanol–water partition coefficient (Wildman–Crippen LogP) is 2.59. The molecule has 2 saturated heterocycles. The number of benzene rings is 1. The van der Waals surface area contributed by atoms with Gasteiger partial charge in [-0.1, -0.05) is 12.1 Å². The van der Waals surface area contributed by atoms with E-state index in [-0.39, 0.29) is 29.7 Å². The Hall–Kier alpha value is -4.77. The number of nitrogens with one attached hydrogen (secondary N) is 3. The highest BCUT2D eigenvalue weighted by atomic mass is 16.2. The summed E-state index contributed by atoms with van der Waals surface area (Å²) >= 11 is 0. The van der Waals surface area contributed by atoms with Crippen molar-refractivity contribution in [1.82, 2.24) is 30.0 Å². The molecule has 0 unspecified atom stereocenters. The lowest BCUT2D eigenvalue weighted by atomic mass is 9.95. The van der Waals surface area contributed by atoms with Crippen molar-refractivity contribution in [3.63, 3.8) is 0 Å². The Labute approximate surface area is 236 Å². The lowest BCUT2D eigenvalue weighted by molar-refractivity contribution is -0.131. The van der Waals surface area contributed by atoms with Gasteiger partial charge < -0.3 is 16.1 Å². The monoisotopic (exact) mass is 556 g/mol. The molecule has 2 aliphatic rings. The molecule has 5 N–H and O–H groups in total. The van der Waals surface area contributed by atoms with Crippen molar-refractivity contribution in [2.45, 2.75) is 44.6 Å². The molecule has 4 heterocycles. The molecule has 0 saturated carbocycles. The topological polar surface area (TPSA) is 205 Å². The molecule has 2 aromatic heterocycles. The molecule has 1 amide bonds. The second-order valence-corrected chi connectivity index (χ2v) is 10.4. The molecule has 14 nitrogen and oxygen atoms in total. The summed E-state index contributed by atoms with van der Waals surface area (Å²) in [4.78, 5) is 38.3. The molecule has 0 atom stereocenters. The average Bonchev–Trinajstić information content (AvgIpc) is 3.00. The van der Waals surface area contributed by atoms with Crippen LogP contribution in [0.4, 0.5) is 11.5 Å². The Kier molecular flexibility index (Phi) is 8.54. The van der Waals surface area contributed by atoms with E-state index in [4.69, 9.17) is 21.6 Å². The summed E-state index contributed by atoms with van der Waals surface area (Å²) in [6.45, 7) is 3.60. The Morgan fingerprint density at radius 1 is 1.15 bits per heavy atom. The molecular weight excluding hydrogens is 524 g/mol. The minimum Gasteiger partial charge on any atom is -0.342 e. The van der Waals surface area contributed by atoms with Crippen molar-refractivity contribution in [1.29, 1.82) is 10.8 Å². The van der Waals surface area contributed by atoms with Gasteiger partial charge in [0.2, 0.25) is 5.91 Å². The molecule has 212 valence electrons. The van der Waals surface area contributed by atoms with E-state index in [0.717, 1.165) is 43.7 Å². The Bertz CT molecular complexity index is 1530. The van der Waals surface area contributed by atoms with Crippen LogP contribution < -0.4 is 16.7 Å². The van der Waals surface area contributed by atoms with E-state index < -0.39 is 0 Å². The van der Waals surface area contributed by atoms with Gasteiger partial charge in [0.05, 0.1) is 12.3 Å². The number of nitrogens with zero attached hydrogens (tertiary/aromatic N) is 8. The van der Waals surface area contributed by atoms with Crippen molar-refractivity contribution in [2.75, 3.05) is 31.5 Å². The quantitative estimate of drug-likeness (QED) is 0.111. The molecule has 2 fully saturated rings. The van der Waals surface area contributed by atoms with Crippen LogP contribution in [0.3, 0.4) is 0 Å². The van der Waals surface area contributed by atoms with Crippen LogP contribution >= 0.6 is 0 Å². The molecular formula is C27H32N12O2. The lowest BCUT2D eigenvalue weighted by Gasteiger charge is -2.31. The molecule has 1 aromatic carbocycles. The van der Waals surface area contributed by atoms with Crippen LogP contribution in [0.1, 0.15) is 49.4 Å². The van der Waals surface area contributed by atoms with Crippen LogP contribution in [-0.2, 0) is 11.3 Å². The second-order valence-electron chi connectivity index (χ2n) is 10.4. The number of carbonyl (C=O) groups excluding carboxylic acids is 1. The van der Waals surface area contributed by atoms with Gasteiger partial charge in [0, 0.05) is 37.2 Å². The average molecular weight is 557 g/mol. The number of piperidine rings is 2. The maximum Gasteiger partial charge on any atom is 0.277 e. The third-order valence-electron chi connectivity index (χ3n) is 7.80. The summed E-state index contributed by atoms with van der Waals surface area (Å²) in [7, 11) is 0. The zero-order chi connectivity index (χ0) is 28.8. The standard InChI is InChI=1S/C27H32N12O2/c28-10-5-22(40)39-13-8-18(9-14-39)24-33-21-15-31-37-27(41)23(21)26(34-24)32-20-3-1-17(2-4-20)16-38-11-6-19(7-12-38)25(35-29)36-30/h1-4,15,18-19,29H,5-9,11-14,16,30H2,(H,37,41)(H,32,33,34). The smallest absolute Gasteiger partial charge is 0.277 e. The first-order valence-electron chi connectivity index (χ1n) is 13.6. The van der Waals surface area contributed by atoms with Gasteiger partial charge >= 0.3 is 0 Å². The van der Waals surface area contributed by atoms with E-state index in [1.807, 2.05) is 30.3 Å². The normalized spacial score (nSPS) is 17.3. The maximum atomic E-state index is 12.7. The van der Waals surface area contributed by atoms with Crippen molar-refractivity contribution in [3.8, 4) is 6.07 Å². The summed E-state index contributed by atoms with van der Waals surface area (Å²) in [5.74, 6) is 6.75. The van der Waals surface area contributed by atoms with Crippen molar-refractivity contribution < 1.29 is 4.79 Å². The predicted molar refractivity (Wildman–Crippen MR) is 151 cm³/mol. The molecule has 3 aromatic rings. The van der Waals surface area contributed by atoms with E-state index in [1.54, 1.807) is 4.90 Å². The molecule has 14 heteroatoms. The number of anilines is 2. The second kappa shape index (κ2) is 12.6. The van der Waals surface area contributed by atoms with E-state index >= 15 is 0 Å². The number of nitrogens with two attached hydrogens (primary N) is 1. The minimum atomic E-state index is -0.380. The van der Waals surface area contributed by atoms with Gasteiger partial charge in [0.15, 0.2) is 5.84 Å². The van der Waals surface area contributed by atoms with Crippen molar-refractivity contribution in [3.05, 3.63) is 52.2 Å². The minimum absolute atomic E-state index is 0.0129. The van der Waals surface area contributed by atoms with Gasteiger partial charge in [-0.2, -0.15) is 15.5 Å². The van der Waals surface area contributed by atoms with Crippen LogP contribution in [0.15, 0.2) is 45.5 Å². The molecule has 5 rings (SSSR count). The molecule has 41 heavy (non-hydrogen) atoms. The number of H-pyrrole nitrogens is 1. The fourth-order valence-corrected chi connectivity index (χ4v) is 5.52. The SMILES string of the molecule is N#CCC(=O)N1CCC(c2nc(Nc3ccc(CN4CCC(C(N=N)=NN)CC4)cc3)c3c(=O)[nH]ncc3n2)CC1. The summed E-state index contributed by atoms with van der Waals surface area (Å²) in [5, 5.41) is 25.9. The van der Waals surface area contributed by atoms with Crippen LogP contribution in [0.25, 0.3) is 10.9 Å². The molecule has 0 aliphatic carbocycles. The first kappa shape index (κ1) is 27.8. The van der Waals surface area contributed by atoms with E-state index in [9.17, 15) is 9.59 Å². The molecule has 2 aliphatic heterocycles. The fraction of sp³-hybridized carbons (Fsp3) is 0.444. The van der Waals surface area contributed by atoms with Crippen LogP contribution in [-0.4, -0.2) is 67.9 Å². The van der Waals surface area contributed by atoms with Gasteiger partial charge in [-0.3, -0.25) is 14.5 Å². The third kappa shape index (κ3) is 6.36. The largest absolute Gasteiger partial charge is 0.342 e. The van der Waals surface area contributed by atoms with Crippen LogP contribution in [0.2, 0.25) is 0 Å². The van der Waals surface area contributed by atoms with Gasteiger partial charge in [-0.15, -0.1) is 5.11 Å². The Balaban J connectivity index is 1.28. The van der Waals surface area contributed by atoms with Gasteiger partial charge in [0.1, 0.15) is 29.0 Å². The third-order valence-corrected chi connectivity index (χ3v) is 7.80. The van der Waals surface area contributed by atoms with E-state index in [0.29, 0.717) is 54.3 Å². The number of aromatic nitrogens is 4. The highest BCUT2D eigenvalue weighted by Crippen LogP contribution is 2.30. The number of carbonyl (C=O) groups is 1. The van der Waals surface area contributed by atoms with Crippen LogP contribution in [0.5, 0.6) is 0 Å². The number of fused-ring (bicyclic) bond motifs is 1. The zero-order valence-electron chi connectivity index (χ0n) is 22.6. The number of nitriles is 1. The van der Waals surface area contributed by atoms with E-state index in [2.05, 4.69) is 35.6 Å². The first-order chi connectivity index (χ1) is 20.0. The molecule has 0 bridgehead atoms. The molecule has 0 radical (unpaired) electrons. The summed E-state index contributed by atoms with van der Waals surface area (Å²) in [6, 6.07) is 9.93. The fourth-order valence-electron chi connectivity index (χ4n) is 5.52. The summed E-state index contributed by atoms with van der Waals surface area (Å²) < 4.78 is 0. The van der Waals surface area contributed by atoms with E-state index in [1.165, 1.54) is 6.20 Å². The number of hydrazone groups is 1. The van der Waals surface area contributed by atoms with Gasteiger partial charge in [-0.25, -0.2) is 20.6 Å². The van der Waals surface area contributed by atoms with Crippen molar-refractivity contribution in [2.24, 2.45) is 22.0 Å².